The lowest BCUT2D eigenvalue weighted by Gasteiger charge is -2.06. The number of carboxylic acid groups (broad SMARTS) is 1. The van der Waals surface area contributed by atoms with Crippen LogP contribution in [0, 0.1) is 13.8 Å². The van der Waals surface area contributed by atoms with E-state index in [4.69, 9.17) is 5.11 Å². The number of carbonyl (C=O) groups is 1. The summed E-state index contributed by atoms with van der Waals surface area (Å²) in [6.07, 6.45) is 0.0765. The summed E-state index contributed by atoms with van der Waals surface area (Å²) >= 11 is 0. The molecule has 0 aliphatic heterocycles. The maximum Gasteiger partial charge on any atom is 0.307 e. The van der Waals surface area contributed by atoms with E-state index >= 15 is 0 Å². The summed E-state index contributed by atoms with van der Waals surface area (Å²) in [6, 6.07) is 14.1. The molecule has 0 spiro atoms. The maximum atomic E-state index is 10.6. The zero-order valence-electron chi connectivity index (χ0n) is 10.6. The minimum absolute atomic E-state index is 0.0765. The minimum Gasteiger partial charge on any atom is -0.481 e. The first-order valence-corrected chi connectivity index (χ1v) is 5.94. The molecule has 2 aromatic carbocycles. The van der Waals surface area contributed by atoms with Crippen molar-refractivity contribution in [2.75, 3.05) is 0 Å². The average molecular weight is 240 g/mol. The van der Waals surface area contributed by atoms with Gasteiger partial charge in [0.25, 0.3) is 0 Å². The van der Waals surface area contributed by atoms with Crippen LogP contribution in [0.2, 0.25) is 0 Å². The van der Waals surface area contributed by atoms with Crippen molar-refractivity contribution in [3.8, 4) is 11.1 Å². The van der Waals surface area contributed by atoms with E-state index in [1.54, 1.807) is 0 Å². The van der Waals surface area contributed by atoms with E-state index in [1.807, 2.05) is 24.3 Å². The Bertz CT molecular complexity index is 548. The Morgan fingerprint density at radius 3 is 2.00 bits per heavy atom. The quantitative estimate of drug-likeness (QED) is 0.890. The summed E-state index contributed by atoms with van der Waals surface area (Å²) in [5.74, 6) is -0.797. The Balaban J connectivity index is 2.31. The summed E-state index contributed by atoms with van der Waals surface area (Å²) in [4.78, 5) is 10.6. The molecule has 0 bridgehead atoms. The third kappa shape index (κ3) is 2.98. The first-order chi connectivity index (χ1) is 8.54. The van der Waals surface area contributed by atoms with Crippen molar-refractivity contribution in [2.45, 2.75) is 20.3 Å². The fourth-order valence-corrected chi connectivity index (χ4v) is 2.13. The van der Waals surface area contributed by atoms with Gasteiger partial charge in [-0.2, -0.15) is 0 Å². The normalized spacial score (nSPS) is 10.3. The van der Waals surface area contributed by atoms with Crippen LogP contribution in [0.5, 0.6) is 0 Å². The van der Waals surface area contributed by atoms with Gasteiger partial charge in [0.1, 0.15) is 0 Å². The number of aryl methyl sites for hydroxylation is 2. The second kappa shape index (κ2) is 5.05. The van der Waals surface area contributed by atoms with Gasteiger partial charge in [0.05, 0.1) is 6.42 Å². The van der Waals surface area contributed by atoms with Gasteiger partial charge < -0.3 is 5.11 Å². The van der Waals surface area contributed by atoms with Crippen LogP contribution in [0.1, 0.15) is 16.7 Å². The first kappa shape index (κ1) is 12.4. The van der Waals surface area contributed by atoms with E-state index in [9.17, 15) is 4.79 Å². The highest BCUT2D eigenvalue weighted by Gasteiger charge is 2.02. The largest absolute Gasteiger partial charge is 0.481 e. The number of hydrogen-bond acceptors (Lipinski definition) is 1. The van der Waals surface area contributed by atoms with Crippen molar-refractivity contribution in [3.05, 3.63) is 59.2 Å². The highest BCUT2D eigenvalue weighted by Crippen LogP contribution is 2.22. The van der Waals surface area contributed by atoms with Crippen molar-refractivity contribution < 1.29 is 9.90 Å². The molecule has 0 saturated carbocycles. The highest BCUT2D eigenvalue weighted by molar-refractivity contribution is 5.71. The van der Waals surface area contributed by atoms with Crippen molar-refractivity contribution in [3.63, 3.8) is 0 Å². The van der Waals surface area contributed by atoms with Crippen LogP contribution in [-0.4, -0.2) is 11.1 Å². The molecule has 0 aliphatic carbocycles. The number of aliphatic carboxylic acids is 1. The zero-order chi connectivity index (χ0) is 13.1. The molecule has 1 N–H and O–H groups in total. The number of rotatable bonds is 3. The van der Waals surface area contributed by atoms with Crippen molar-refractivity contribution in [1.82, 2.24) is 0 Å². The lowest BCUT2D eigenvalue weighted by Crippen LogP contribution is -1.99. The third-order valence-electron chi connectivity index (χ3n) is 2.86. The van der Waals surface area contributed by atoms with Gasteiger partial charge in [-0.25, -0.2) is 0 Å². The molecule has 2 nitrogen and oxygen atoms in total. The fraction of sp³-hybridized carbons (Fsp3) is 0.188. The van der Waals surface area contributed by atoms with Gasteiger partial charge in [0.2, 0.25) is 0 Å². The molecule has 0 saturated heterocycles. The van der Waals surface area contributed by atoms with Gasteiger partial charge in [-0.1, -0.05) is 53.6 Å². The van der Waals surface area contributed by atoms with E-state index in [1.165, 1.54) is 16.7 Å². The van der Waals surface area contributed by atoms with Crippen LogP contribution >= 0.6 is 0 Å². The Kier molecular flexibility index (Phi) is 3.47. The van der Waals surface area contributed by atoms with Crippen LogP contribution in [0.3, 0.4) is 0 Å². The van der Waals surface area contributed by atoms with Crippen molar-refractivity contribution in [1.29, 1.82) is 0 Å². The number of hydrogen-bond donors (Lipinski definition) is 1. The molecule has 2 aromatic rings. The lowest BCUT2D eigenvalue weighted by molar-refractivity contribution is -0.136. The predicted molar refractivity (Wildman–Crippen MR) is 72.7 cm³/mol. The second-order valence-electron chi connectivity index (χ2n) is 4.64. The van der Waals surface area contributed by atoms with E-state index in [0.29, 0.717) is 0 Å². The van der Waals surface area contributed by atoms with Crippen LogP contribution in [-0.2, 0) is 11.2 Å². The molecule has 0 aliphatic rings. The summed E-state index contributed by atoms with van der Waals surface area (Å²) in [6.45, 7) is 4.16. The van der Waals surface area contributed by atoms with Crippen LogP contribution < -0.4 is 0 Å². The van der Waals surface area contributed by atoms with E-state index in [0.717, 1.165) is 11.1 Å². The monoisotopic (exact) mass is 240 g/mol. The second-order valence-corrected chi connectivity index (χ2v) is 4.64. The molecule has 0 heterocycles. The maximum absolute atomic E-state index is 10.6. The Morgan fingerprint density at radius 2 is 1.50 bits per heavy atom. The van der Waals surface area contributed by atoms with Crippen molar-refractivity contribution in [2.24, 2.45) is 0 Å². The smallest absolute Gasteiger partial charge is 0.307 e. The average Bonchev–Trinajstić information content (AvgIpc) is 2.27. The predicted octanol–water partition coefficient (Wildman–Crippen LogP) is 3.60. The third-order valence-corrected chi connectivity index (χ3v) is 2.86. The molecule has 2 heteroatoms. The molecule has 0 unspecified atom stereocenters. The van der Waals surface area contributed by atoms with Crippen LogP contribution in [0.25, 0.3) is 11.1 Å². The topological polar surface area (TPSA) is 37.3 Å². The standard InChI is InChI=1S/C16H16O2/c1-11-7-12(2)9-15(8-11)14-5-3-13(4-6-14)10-16(17)18/h3-9H,10H2,1-2H3,(H,17,18). The Morgan fingerprint density at radius 1 is 0.944 bits per heavy atom. The van der Waals surface area contributed by atoms with E-state index in [-0.39, 0.29) is 6.42 Å². The molecule has 0 amide bonds. The Hall–Kier alpha value is -2.09. The summed E-state index contributed by atoms with van der Waals surface area (Å²) < 4.78 is 0. The molecule has 0 fully saturated rings. The van der Waals surface area contributed by atoms with Gasteiger partial charge in [-0.3, -0.25) is 4.79 Å². The van der Waals surface area contributed by atoms with Gasteiger partial charge in [-0.15, -0.1) is 0 Å². The number of carboxylic acids is 1. The summed E-state index contributed by atoms with van der Waals surface area (Å²) in [5.41, 5.74) is 5.60. The Labute approximate surface area is 107 Å². The molecular weight excluding hydrogens is 224 g/mol. The highest BCUT2D eigenvalue weighted by atomic mass is 16.4. The molecule has 0 atom stereocenters. The summed E-state index contributed by atoms with van der Waals surface area (Å²) in [7, 11) is 0. The minimum atomic E-state index is -0.797. The van der Waals surface area contributed by atoms with Gasteiger partial charge >= 0.3 is 5.97 Å². The van der Waals surface area contributed by atoms with Gasteiger partial charge in [-0.05, 0) is 30.5 Å². The first-order valence-electron chi connectivity index (χ1n) is 5.94. The molecule has 2 rings (SSSR count). The van der Waals surface area contributed by atoms with E-state index < -0.39 is 5.97 Å². The van der Waals surface area contributed by atoms with Crippen LogP contribution in [0.4, 0.5) is 0 Å². The SMILES string of the molecule is Cc1cc(C)cc(-c2ccc(CC(=O)O)cc2)c1. The van der Waals surface area contributed by atoms with E-state index in [2.05, 4.69) is 32.0 Å². The molecule has 18 heavy (non-hydrogen) atoms. The fourth-order valence-electron chi connectivity index (χ4n) is 2.13. The number of benzene rings is 2. The van der Waals surface area contributed by atoms with Crippen molar-refractivity contribution >= 4 is 5.97 Å². The molecule has 0 aromatic heterocycles. The summed E-state index contributed by atoms with van der Waals surface area (Å²) in [5, 5.41) is 8.73. The lowest BCUT2D eigenvalue weighted by atomic mass is 9.99. The molecule has 92 valence electrons. The van der Waals surface area contributed by atoms with Crippen LogP contribution in [0.15, 0.2) is 42.5 Å². The molecular formula is C16H16O2. The van der Waals surface area contributed by atoms with Gasteiger partial charge in [0.15, 0.2) is 0 Å². The zero-order valence-corrected chi connectivity index (χ0v) is 10.6. The van der Waals surface area contributed by atoms with Gasteiger partial charge in [0, 0.05) is 0 Å². The molecule has 0 radical (unpaired) electrons.